The van der Waals surface area contributed by atoms with Crippen LogP contribution >= 0.6 is 0 Å². The van der Waals surface area contributed by atoms with Gasteiger partial charge in [0, 0.05) is 25.0 Å². The standard InChI is InChI=1S/C17H21FN2O3/c18-14-5-2-7-19-15(14)23-13-6-8-22-17(9-13)10-20(11-17)16(21)12-3-1-4-12/h2,5,7,12-13H,1,3-4,6,8-11H2/t13-/m1/s1. The fourth-order valence-electron chi connectivity index (χ4n) is 3.64. The van der Waals surface area contributed by atoms with Crippen molar-refractivity contribution in [3.63, 3.8) is 0 Å². The minimum atomic E-state index is -0.441. The number of rotatable bonds is 3. The highest BCUT2D eigenvalue weighted by molar-refractivity contribution is 5.80. The van der Waals surface area contributed by atoms with Crippen molar-refractivity contribution in [3.05, 3.63) is 24.1 Å². The molecule has 0 bridgehead atoms. The van der Waals surface area contributed by atoms with Gasteiger partial charge in [0.25, 0.3) is 5.88 Å². The van der Waals surface area contributed by atoms with Crippen LogP contribution in [0.4, 0.5) is 4.39 Å². The summed E-state index contributed by atoms with van der Waals surface area (Å²) in [5.41, 5.74) is -0.312. The average Bonchev–Trinajstić information content (AvgIpc) is 2.45. The Kier molecular flexibility index (Phi) is 3.71. The SMILES string of the molecule is O=C(C1CCC1)N1CC2(C[C@H](Oc3ncccc3F)CCO2)C1. The van der Waals surface area contributed by atoms with Gasteiger partial charge in [-0.15, -0.1) is 0 Å². The molecule has 6 heteroatoms. The van der Waals surface area contributed by atoms with E-state index in [1.54, 1.807) is 6.07 Å². The molecule has 2 saturated heterocycles. The first kappa shape index (κ1) is 14.9. The minimum Gasteiger partial charge on any atom is -0.472 e. The molecule has 2 aliphatic heterocycles. The Bertz CT molecular complexity index is 599. The number of likely N-dealkylation sites (tertiary alicyclic amines) is 1. The monoisotopic (exact) mass is 320 g/mol. The first-order chi connectivity index (χ1) is 11.2. The predicted molar refractivity (Wildman–Crippen MR) is 80.4 cm³/mol. The number of pyridine rings is 1. The summed E-state index contributed by atoms with van der Waals surface area (Å²) >= 11 is 0. The van der Waals surface area contributed by atoms with E-state index < -0.39 is 5.82 Å². The first-order valence-electron chi connectivity index (χ1n) is 8.35. The van der Waals surface area contributed by atoms with Gasteiger partial charge in [0.05, 0.1) is 19.7 Å². The summed E-state index contributed by atoms with van der Waals surface area (Å²) in [6.45, 7) is 1.84. The van der Waals surface area contributed by atoms with Crippen LogP contribution in [0.2, 0.25) is 0 Å². The van der Waals surface area contributed by atoms with Gasteiger partial charge in [0.15, 0.2) is 5.82 Å². The summed E-state index contributed by atoms with van der Waals surface area (Å²) in [6.07, 6.45) is 6.01. The Hall–Kier alpha value is -1.69. The minimum absolute atomic E-state index is 0.0521. The van der Waals surface area contributed by atoms with Crippen molar-refractivity contribution in [2.45, 2.75) is 43.8 Å². The second-order valence-corrected chi connectivity index (χ2v) is 6.88. The second-order valence-electron chi connectivity index (χ2n) is 6.88. The summed E-state index contributed by atoms with van der Waals surface area (Å²) in [5.74, 6) is 0.106. The summed E-state index contributed by atoms with van der Waals surface area (Å²) in [4.78, 5) is 18.1. The van der Waals surface area contributed by atoms with Crippen LogP contribution in [0.3, 0.4) is 0 Å². The van der Waals surface area contributed by atoms with Gasteiger partial charge < -0.3 is 14.4 Å². The van der Waals surface area contributed by atoms with Crippen LogP contribution in [0.5, 0.6) is 5.88 Å². The van der Waals surface area contributed by atoms with Crippen molar-refractivity contribution in [3.8, 4) is 5.88 Å². The molecule has 0 N–H and O–H groups in total. The second kappa shape index (κ2) is 5.74. The molecular formula is C17H21FN2O3. The highest BCUT2D eigenvalue weighted by Crippen LogP contribution is 2.38. The largest absolute Gasteiger partial charge is 0.472 e. The molecule has 1 aliphatic carbocycles. The van der Waals surface area contributed by atoms with E-state index in [9.17, 15) is 9.18 Å². The summed E-state index contributed by atoms with van der Waals surface area (Å²) < 4.78 is 25.3. The highest BCUT2D eigenvalue weighted by atomic mass is 19.1. The maximum Gasteiger partial charge on any atom is 0.250 e. The molecule has 0 aromatic carbocycles. The van der Waals surface area contributed by atoms with Crippen LogP contribution in [0.25, 0.3) is 0 Å². The maximum absolute atomic E-state index is 13.7. The normalized spacial score (nSPS) is 26.5. The molecule has 0 radical (unpaired) electrons. The Morgan fingerprint density at radius 1 is 1.39 bits per heavy atom. The van der Waals surface area contributed by atoms with Gasteiger partial charge >= 0.3 is 0 Å². The Balaban J connectivity index is 1.35. The van der Waals surface area contributed by atoms with Gasteiger partial charge in [-0.1, -0.05) is 6.42 Å². The third-order valence-corrected chi connectivity index (χ3v) is 5.17. The van der Waals surface area contributed by atoms with Crippen molar-refractivity contribution >= 4 is 5.91 Å². The van der Waals surface area contributed by atoms with Crippen LogP contribution in [-0.4, -0.2) is 47.2 Å². The number of ether oxygens (including phenoxy) is 2. The van der Waals surface area contributed by atoms with Crippen LogP contribution in [0.1, 0.15) is 32.1 Å². The van der Waals surface area contributed by atoms with Gasteiger partial charge in [-0.2, -0.15) is 0 Å². The zero-order chi connectivity index (χ0) is 15.9. The third kappa shape index (κ3) is 2.80. The Morgan fingerprint density at radius 3 is 2.91 bits per heavy atom. The van der Waals surface area contributed by atoms with Crippen molar-refractivity contribution < 1.29 is 18.7 Å². The fraction of sp³-hybridized carbons (Fsp3) is 0.647. The van der Waals surface area contributed by atoms with E-state index in [1.807, 2.05) is 4.90 Å². The molecule has 4 rings (SSSR count). The van der Waals surface area contributed by atoms with Crippen molar-refractivity contribution in [1.29, 1.82) is 0 Å². The Labute approximate surface area is 134 Å². The molecule has 1 saturated carbocycles. The van der Waals surface area contributed by atoms with Gasteiger partial charge in [-0.3, -0.25) is 4.79 Å². The molecule has 1 amide bonds. The molecular weight excluding hydrogens is 299 g/mol. The lowest BCUT2D eigenvalue weighted by Gasteiger charge is -2.54. The van der Waals surface area contributed by atoms with Crippen molar-refractivity contribution in [1.82, 2.24) is 9.88 Å². The highest BCUT2D eigenvalue weighted by Gasteiger charge is 2.51. The number of halogens is 1. The molecule has 1 spiro atoms. The molecule has 3 heterocycles. The Morgan fingerprint density at radius 2 is 2.22 bits per heavy atom. The van der Waals surface area contributed by atoms with Crippen LogP contribution in [-0.2, 0) is 9.53 Å². The van der Waals surface area contributed by atoms with Crippen LogP contribution in [0.15, 0.2) is 18.3 Å². The number of aromatic nitrogens is 1. The van der Waals surface area contributed by atoms with Crippen LogP contribution < -0.4 is 4.74 Å². The quantitative estimate of drug-likeness (QED) is 0.856. The molecule has 1 aromatic rings. The van der Waals surface area contributed by atoms with E-state index in [2.05, 4.69) is 4.98 Å². The lowest BCUT2D eigenvalue weighted by atomic mass is 9.80. The van der Waals surface area contributed by atoms with E-state index in [0.29, 0.717) is 32.5 Å². The van der Waals surface area contributed by atoms with Crippen molar-refractivity contribution in [2.24, 2.45) is 5.92 Å². The van der Waals surface area contributed by atoms with E-state index in [-0.39, 0.29) is 29.4 Å². The molecule has 1 atom stereocenters. The number of nitrogens with zero attached hydrogens (tertiary/aromatic N) is 2. The number of carbonyl (C=O) groups is 1. The number of amides is 1. The van der Waals surface area contributed by atoms with Gasteiger partial charge in [0.2, 0.25) is 5.91 Å². The number of hydrogen-bond acceptors (Lipinski definition) is 4. The van der Waals surface area contributed by atoms with E-state index >= 15 is 0 Å². The number of hydrogen-bond donors (Lipinski definition) is 0. The van der Waals surface area contributed by atoms with E-state index in [1.165, 1.54) is 12.3 Å². The molecule has 5 nitrogen and oxygen atoms in total. The third-order valence-electron chi connectivity index (χ3n) is 5.17. The smallest absolute Gasteiger partial charge is 0.250 e. The lowest BCUT2D eigenvalue weighted by Crippen LogP contribution is -2.68. The molecule has 1 aromatic heterocycles. The molecule has 0 unspecified atom stereocenters. The van der Waals surface area contributed by atoms with Gasteiger partial charge in [0.1, 0.15) is 11.7 Å². The summed E-state index contributed by atoms with van der Waals surface area (Å²) in [7, 11) is 0. The van der Waals surface area contributed by atoms with Crippen LogP contribution in [0, 0.1) is 11.7 Å². The lowest BCUT2D eigenvalue weighted by molar-refractivity contribution is -0.197. The predicted octanol–water partition coefficient (Wildman–Crippen LogP) is 2.16. The van der Waals surface area contributed by atoms with Gasteiger partial charge in [-0.05, 0) is 25.0 Å². The number of carbonyl (C=O) groups excluding carboxylic acids is 1. The molecule has 3 aliphatic rings. The molecule has 3 fully saturated rings. The van der Waals surface area contributed by atoms with E-state index in [0.717, 1.165) is 19.3 Å². The zero-order valence-electron chi connectivity index (χ0n) is 13.0. The molecule has 23 heavy (non-hydrogen) atoms. The fourth-order valence-corrected chi connectivity index (χ4v) is 3.64. The maximum atomic E-state index is 13.7. The first-order valence-corrected chi connectivity index (χ1v) is 8.35. The zero-order valence-corrected chi connectivity index (χ0v) is 13.0. The van der Waals surface area contributed by atoms with E-state index in [4.69, 9.17) is 9.47 Å². The van der Waals surface area contributed by atoms with Gasteiger partial charge in [-0.25, -0.2) is 9.37 Å². The molecule has 124 valence electrons. The van der Waals surface area contributed by atoms with Crippen molar-refractivity contribution in [2.75, 3.05) is 19.7 Å². The summed E-state index contributed by atoms with van der Waals surface area (Å²) in [6, 6.07) is 2.89. The topological polar surface area (TPSA) is 51.7 Å². The summed E-state index contributed by atoms with van der Waals surface area (Å²) in [5, 5.41) is 0. The average molecular weight is 320 g/mol.